The molecule has 3 N–H and O–H groups in total. The molecular formula is C14H17N3O2. The maximum Gasteiger partial charge on any atom is 0.239 e. The smallest absolute Gasteiger partial charge is 0.239 e. The van der Waals surface area contributed by atoms with E-state index in [0.717, 1.165) is 28.1 Å². The normalized spacial score (nSPS) is 10.7. The monoisotopic (exact) mass is 259 g/mol. The summed E-state index contributed by atoms with van der Waals surface area (Å²) in [6, 6.07) is 7.61. The van der Waals surface area contributed by atoms with Crippen LogP contribution in [-0.4, -0.2) is 20.8 Å². The predicted molar refractivity (Wildman–Crippen MR) is 72.3 cm³/mol. The lowest BCUT2D eigenvalue weighted by atomic mass is 9.98. The number of aromatic nitrogens is 2. The fraction of sp³-hybridized carbons (Fsp3) is 0.286. The summed E-state index contributed by atoms with van der Waals surface area (Å²) in [7, 11) is 0. The van der Waals surface area contributed by atoms with Gasteiger partial charge in [0.05, 0.1) is 12.3 Å². The van der Waals surface area contributed by atoms with Gasteiger partial charge in [-0.25, -0.2) is 0 Å². The van der Waals surface area contributed by atoms with Crippen molar-refractivity contribution in [3.05, 3.63) is 41.2 Å². The summed E-state index contributed by atoms with van der Waals surface area (Å²) < 4.78 is 1.60. The number of aryl methyl sites for hydroxylation is 1. The van der Waals surface area contributed by atoms with Crippen molar-refractivity contribution in [3.8, 4) is 11.1 Å². The average molecular weight is 259 g/mol. The van der Waals surface area contributed by atoms with Crippen LogP contribution in [0.4, 0.5) is 0 Å². The minimum Gasteiger partial charge on any atom is -0.392 e. The van der Waals surface area contributed by atoms with Crippen LogP contribution in [-0.2, 0) is 17.9 Å². The van der Waals surface area contributed by atoms with Gasteiger partial charge >= 0.3 is 0 Å². The van der Waals surface area contributed by atoms with Crippen molar-refractivity contribution in [1.82, 2.24) is 9.78 Å². The molecule has 0 unspecified atom stereocenters. The number of rotatable bonds is 4. The van der Waals surface area contributed by atoms with E-state index in [2.05, 4.69) is 5.10 Å². The molecule has 0 aliphatic heterocycles. The van der Waals surface area contributed by atoms with Crippen LogP contribution in [0.1, 0.15) is 17.0 Å². The maximum absolute atomic E-state index is 11.0. The van der Waals surface area contributed by atoms with Crippen molar-refractivity contribution in [2.24, 2.45) is 5.73 Å². The van der Waals surface area contributed by atoms with Crippen molar-refractivity contribution in [3.63, 3.8) is 0 Å². The Balaban J connectivity index is 2.56. The van der Waals surface area contributed by atoms with Gasteiger partial charge in [-0.1, -0.05) is 24.3 Å². The zero-order chi connectivity index (χ0) is 14.0. The quantitative estimate of drug-likeness (QED) is 0.864. The number of carbonyl (C=O) groups is 1. The average Bonchev–Trinajstić information content (AvgIpc) is 2.64. The number of amides is 1. The first kappa shape index (κ1) is 13.3. The highest BCUT2D eigenvalue weighted by Crippen LogP contribution is 2.29. The molecule has 0 aliphatic carbocycles. The molecule has 0 saturated carbocycles. The van der Waals surface area contributed by atoms with Crippen LogP contribution in [0.5, 0.6) is 0 Å². The molecule has 1 amide bonds. The second-order valence-corrected chi connectivity index (χ2v) is 4.49. The fourth-order valence-corrected chi connectivity index (χ4v) is 2.29. The van der Waals surface area contributed by atoms with E-state index in [-0.39, 0.29) is 13.2 Å². The van der Waals surface area contributed by atoms with Gasteiger partial charge in [-0.3, -0.25) is 9.48 Å². The van der Waals surface area contributed by atoms with Gasteiger partial charge in [0.1, 0.15) is 6.54 Å². The van der Waals surface area contributed by atoms with E-state index < -0.39 is 5.91 Å². The lowest BCUT2D eigenvalue weighted by Crippen LogP contribution is -2.20. The molecule has 0 bridgehead atoms. The topological polar surface area (TPSA) is 81.1 Å². The van der Waals surface area contributed by atoms with Crippen molar-refractivity contribution < 1.29 is 9.90 Å². The van der Waals surface area contributed by atoms with E-state index in [9.17, 15) is 9.90 Å². The summed E-state index contributed by atoms with van der Waals surface area (Å²) in [5.41, 5.74) is 9.63. The third-order valence-electron chi connectivity index (χ3n) is 3.14. The predicted octanol–water partition coefficient (Wildman–Crippen LogP) is 1.14. The number of benzene rings is 1. The number of primary amides is 1. The molecule has 1 heterocycles. The molecule has 100 valence electrons. The Morgan fingerprint density at radius 1 is 1.37 bits per heavy atom. The van der Waals surface area contributed by atoms with Crippen LogP contribution < -0.4 is 5.73 Å². The number of nitrogens with two attached hydrogens (primary N) is 1. The van der Waals surface area contributed by atoms with Crippen LogP contribution in [0, 0.1) is 13.8 Å². The SMILES string of the molecule is Cc1nn(CC(N)=O)c(C)c1-c1ccccc1CO. The summed E-state index contributed by atoms with van der Waals surface area (Å²) in [5.74, 6) is -0.424. The molecule has 0 aliphatic rings. The summed E-state index contributed by atoms with van der Waals surface area (Å²) in [5, 5.41) is 13.7. The Labute approximate surface area is 111 Å². The van der Waals surface area contributed by atoms with E-state index in [0.29, 0.717) is 0 Å². The van der Waals surface area contributed by atoms with Crippen LogP contribution in [0.3, 0.4) is 0 Å². The van der Waals surface area contributed by atoms with E-state index >= 15 is 0 Å². The van der Waals surface area contributed by atoms with Gasteiger partial charge in [0.2, 0.25) is 5.91 Å². The number of carbonyl (C=O) groups excluding carboxylic acids is 1. The van der Waals surface area contributed by atoms with Gasteiger partial charge in [0, 0.05) is 11.3 Å². The Hall–Kier alpha value is -2.14. The maximum atomic E-state index is 11.0. The van der Waals surface area contributed by atoms with Crippen LogP contribution in [0.25, 0.3) is 11.1 Å². The molecule has 2 aromatic rings. The van der Waals surface area contributed by atoms with Crippen molar-refractivity contribution in [2.45, 2.75) is 27.0 Å². The summed E-state index contributed by atoms with van der Waals surface area (Å²) in [4.78, 5) is 11.0. The first-order chi connectivity index (χ1) is 9.04. The molecule has 0 radical (unpaired) electrons. The van der Waals surface area contributed by atoms with Gasteiger partial charge < -0.3 is 10.8 Å². The number of nitrogens with zero attached hydrogens (tertiary/aromatic N) is 2. The molecule has 0 atom stereocenters. The van der Waals surface area contributed by atoms with Crippen molar-refractivity contribution in [1.29, 1.82) is 0 Å². The standard InChI is InChI=1S/C14H17N3O2/c1-9-14(10(2)17(16-9)7-13(15)19)12-6-4-3-5-11(12)8-18/h3-6,18H,7-8H2,1-2H3,(H2,15,19). The summed E-state index contributed by atoms with van der Waals surface area (Å²) in [6.45, 7) is 3.81. The highest BCUT2D eigenvalue weighted by molar-refractivity contribution is 5.75. The molecular weight excluding hydrogens is 242 g/mol. The third kappa shape index (κ3) is 2.51. The second-order valence-electron chi connectivity index (χ2n) is 4.49. The molecule has 2 rings (SSSR count). The fourth-order valence-electron chi connectivity index (χ4n) is 2.29. The minimum atomic E-state index is -0.424. The van der Waals surface area contributed by atoms with Crippen LogP contribution in [0.15, 0.2) is 24.3 Å². The van der Waals surface area contributed by atoms with Crippen LogP contribution in [0.2, 0.25) is 0 Å². The molecule has 0 spiro atoms. The van der Waals surface area contributed by atoms with Crippen LogP contribution >= 0.6 is 0 Å². The lowest BCUT2D eigenvalue weighted by molar-refractivity contribution is -0.118. The third-order valence-corrected chi connectivity index (χ3v) is 3.14. The number of aliphatic hydroxyl groups excluding tert-OH is 1. The Morgan fingerprint density at radius 3 is 2.68 bits per heavy atom. The molecule has 5 heteroatoms. The van der Waals surface area contributed by atoms with Gasteiger partial charge in [-0.15, -0.1) is 0 Å². The first-order valence-electron chi connectivity index (χ1n) is 6.06. The van der Waals surface area contributed by atoms with Gasteiger partial charge in [-0.2, -0.15) is 5.10 Å². The van der Waals surface area contributed by atoms with Crippen molar-refractivity contribution >= 4 is 5.91 Å². The van der Waals surface area contributed by atoms with Crippen molar-refractivity contribution in [2.75, 3.05) is 0 Å². The molecule has 5 nitrogen and oxygen atoms in total. The first-order valence-corrected chi connectivity index (χ1v) is 6.06. The Morgan fingerprint density at radius 2 is 2.05 bits per heavy atom. The zero-order valence-corrected chi connectivity index (χ0v) is 11.1. The molecule has 19 heavy (non-hydrogen) atoms. The van der Waals surface area contributed by atoms with E-state index in [1.54, 1.807) is 4.68 Å². The molecule has 1 aromatic heterocycles. The highest BCUT2D eigenvalue weighted by Gasteiger charge is 2.16. The molecule has 0 fully saturated rings. The Bertz CT molecular complexity index is 617. The number of hydrogen-bond donors (Lipinski definition) is 2. The number of hydrogen-bond acceptors (Lipinski definition) is 3. The highest BCUT2D eigenvalue weighted by atomic mass is 16.3. The van der Waals surface area contributed by atoms with Gasteiger partial charge in [0.25, 0.3) is 0 Å². The minimum absolute atomic E-state index is 0.0317. The number of aliphatic hydroxyl groups is 1. The lowest BCUT2D eigenvalue weighted by Gasteiger charge is -2.08. The van der Waals surface area contributed by atoms with E-state index in [4.69, 9.17) is 5.73 Å². The summed E-state index contributed by atoms with van der Waals surface area (Å²) in [6.07, 6.45) is 0. The second kappa shape index (κ2) is 5.24. The Kier molecular flexibility index (Phi) is 3.66. The molecule has 0 saturated heterocycles. The van der Waals surface area contributed by atoms with E-state index in [1.807, 2.05) is 38.1 Å². The largest absolute Gasteiger partial charge is 0.392 e. The molecule has 1 aromatic carbocycles. The van der Waals surface area contributed by atoms with Gasteiger partial charge in [-0.05, 0) is 25.0 Å². The van der Waals surface area contributed by atoms with Gasteiger partial charge in [0.15, 0.2) is 0 Å². The zero-order valence-electron chi connectivity index (χ0n) is 11.1. The van der Waals surface area contributed by atoms with E-state index in [1.165, 1.54) is 0 Å². The summed E-state index contributed by atoms with van der Waals surface area (Å²) >= 11 is 0.